The number of rotatable bonds is 4. The predicted molar refractivity (Wildman–Crippen MR) is 111 cm³/mol. The molecule has 1 atom stereocenters. The molecule has 2 amide bonds. The van der Waals surface area contributed by atoms with E-state index in [4.69, 9.17) is 9.47 Å². The fourth-order valence-corrected chi connectivity index (χ4v) is 5.57. The largest absolute Gasteiger partial charge is 0.497 e. The Bertz CT molecular complexity index is 806. The number of piperazine rings is 1. The van der Waals surface area contributed by atoms with Crippen molar-refractivity contribution < 1.29 is 19.1 Å². The first-order valence-electron chi connectivity index (χ1n) is 11.1. The van der Waals surface area contributed by atoms with Gasteiger partial charge in [-0.05, 0) is 49.8 Å². The number of amides is 2. The Balaban J connectivity index is 1.25. The summed E-state index contributed by atoms with van der Waals surface area (Å²) < 4.78 is 11.0. The molecule has 1 aromatic rings. The second kappa shape index (κ2) is 7.54. The smallest absolute Gasteiger partial charge is 0.234 e. The molecule has 162 valence electrons. The molecular formula is C23H31N3O4. The Kier molecular flexibility index (Phi) is 4.98. The fraction of sp³-hybridized carbons (Fsp3) is 0.652. The van der Waals surface area contributed by atoms with Crippen LogP contribution in [0, 0.1) is 0 Å². The van der Waals surface area contributed by atoms with Gasteiger partial charge in [0, 0.05) is 32.3 Å². The molecule has 0 radical (unpaired) electrons. The Morgan fingerprint density at radius 3 is 2.50 bits per heavy atom. The summed E-state index contributed by atoms with van der Waals surface area (Å²) in [6.45, 7) is 4.08. The van der Waals surface area contributed by atoms with Crippen molar-refractivity contribution in [1.29, 1.82) is 0 Å². The lowest BCUT2D eigenvalue weighted by Gasteiger charge is -2.49. The molecule has 30 heavy (non-hydrogen) atoms. The van der Waals surface area contributed by atoms with E-state index in [9.17, 15) is 9.59 Å². The highest BCUT2D eigenvalue weighted by atomic mass is 16.5. The van der Waals surface area contributed by atoms with Crippen LogP contribution in [-0.2, 0) is 19.7 Å². The highest BCUT2D eigenvalue weighted by Crippen LogP contribution is 2.50. The summed E-state index contributed by atoms with van der Waals surface area (Å²) in [5.41, 5.74) is 0.695. The van der Waals surface area contributed by atoms with Crippen molar-refractivity contribution in [2.24, 2.45) is 0 Å². The zero-order chi connectivity index (χ0) is 20.8. The number of hydrogen-bond acceptors (Lipinski definition) is 5. The molecule has 1 aliphatic carbocycles. The number of likely N-dealkylation sites (tertiary alicyclic amines) is 1. The van der Waals surface area contributed by atoms with Crippen molar-refractivity contribution in [3.8, 4) is 5.75 Å². The van der Waals surface area contributed by atoms with Crippen LogP contribution < -0.4 is 10.1 Å². The summed E-state index contributed by atoms with van der Waals surface area (Å²) in [4.78, 5) is 30.0. The van der Waals surface area contributed by atoms with Gasteiger partial charge in [0.2, 0.25) is 11.8 Å². The average molecular weight is 414 g/mol. The molecule has 7 nitrogen and oxygen atoms in total. The van der Waals surface area contributed by atoms with E-state index in [1.165, 1.54) is 0 Å². The highest BCUT2D eigenvalue weighted by molar-refractivity contribution is 5.91. The van der Waals surface area contributed by atoms with Crippen molar-refractivity contribution in [2.45, 2.75) is 49.1 Å². The SMILES string of the molecule is COc1ccc(C2(C(=O)N3CCC(N4CC(=O)NCC45CCOC5)CC3)CC2)cc1. The quantitative estimate of drug-likeness (QED) is 0.806. The van der Waals surface area contributed by atoms with E-state index < -0.39 is 0 Å². The second-order valence-electron chi connectivity index (χ2n) is 9.27. The minimum atomic E-state index is -0.343. The third kappa shape index (κ3) is 3.28. The van der Waals surface area contributed by atoms with Crippen LogP contribution in [0.2, 0.25) is 0 Å². The Morgan fingerprint density at radius 1 is 1.17 bits per heavy atom. The van der Waals surface area contributed by atoms with Crippen LogP contribution >= 0.6 is 0 Å². The molecule has 4 aliphatic rings. The number of nitrogens with zero attached hydrogens (tertiary/aromatic N) is 2. The fourth-order valence-electron chi connectivity index (χ4n) is 5.57. The second-order valence-corrected chi connectivity index (χ2v) is 9.27. The van der Waals surface area contributed by atoms with Crippen LogP contribution in [0.3, 0.4) is 0 Å². The molecule has 0 bridgehead atoms. The first-order valence-corrected chi connectivity index (χ1v) is 11.1. The summed E-state index contributed by atoms with van der Waals surface area (Å²) in [5.74, 6) is 1.18. The monoisotopic (exact) mass is 413 g/mol. The van der Waals surface area contributed by atoms with Gasteiger partial charge in [0.1, 0.15) is 5.75 Å². The third-order valence-corrected chi connectivity index (χ3v) is 7.61. The van der Waals surface area contributed by atoms with Gasteiger partial charge in [0.25, 0.3) is 0 Å². The Morgan fingerprint density at radius 2 is 1.90 bits per heavy atom. The maximum absolute atomic E-state index is 13.4. The lowest BCUT2D eigenvalue weighted by Crippen LogP contribution is -2.67. The first kappa shape index (κ1) is 19.8. The van der Waals surface area contributed by atoms with E-state index in [0.29, 0.717) is 25.7 Å². The summed E-state index contributed by atoms with van der Waals surface area (Å²) in [5, 5.41) is 3.03. The van der Waals surface area contributed by atoms with Crippen molar-refractivity contribution >= 4 is 11.8 Å². The van der Waals surface area contributed by atoms with E-state index in [-0.39, 0.29) is 22.8 Å². The molecule has 1 unspecified atom stereocenters. The molecule has 1 saturated carbocycles. The zero-order valence-electron chi connectivity index (χ0n) is 17.7. The number of carbonyl (C=O) groups is 2. The third-order valence-electron chi connectivity index (χ3n) is 7.61. The van der Waals surface area contributed by atoms with E-state index in [2.05, 4.69) is 15.1 Å². The van der Waals surface area contributed by atoms with Gasteiger partial charge in [0.15, 0.2) is 0 Å². The number of methoxy groups -OCH3 is 1. The van der Waals surface area contributed by atoms with E-state index in [0.717, 1.165) is 63.1 Å². The number of piperidine rings is 1. The molecule has 1 N–H and O–H groups in total. The van der Waals surface area contributed by atoms with Gasteiger partial charge >= 0.3 is 0 Å². The summed E-state index contributed by atoms with van der Waals surface area (Å²) >= 11 is 0. The number of hydrogen-bond donors (Lipinski definition) is 1. The van der Waals surface area contributed by atoms with Gasteiger partial charge in [-0.3, -0.25) is 14.5 Å². The van der Waals surface area contributed by atoms with Crippen LogP contribution in [0.5, 0.6) is 5.75 Å². The normalized spacial score (nSPS) is 29.1. The van der Waals surface area contributed by atoms with Crippen LogP contribution in [0.15, 0.2) is 24.3 Å². The van der Waals surface area contributed by atoms with Gasteiger partial charge in [0.05, 0.1) is 31.2 Å². The van der Waals surface area contributed by atoms with E-state index in [1.54, 1.807) is 7.11 Å². The topological polar surface area (TPSA) is 71.1 Å². The molecule has 5 rings (SSSR count). The first-order chi connectivity index (χ1) is 14.6. The molecule has 1 aromatic carbocycles. The predicted octanol–water partition coefficient (Wildman–Crippen LogP) is 1.31. The molecular weight excluding hydrogens is 382 g/mol. The van der Waals surface area contributed by atoms with Crippen molar-refractivity contribution in [1.82, 2.24) is 15.1 Å². The maximum atomic E-state index is 13.4. The highest BCUT2D eigenvalue weighted by Gasteiger charge is 2.54. The van der Waals surface area contributed by atoms with Crippen molar-refractivity contribution in [2.75, 3.05) is 46.5 Å². The number of carbonyl (C=O) groups excluding carboxylic acids is 2. The van der Waals surface area contributed by atoms with Gasteiger partial charge < -0.3 is 19.7 Å². The summed E-state index contributed by atoms with van der Waals surface area (Å²) in [6.07, 6.45) is 4.64. The van der Waals surface area contributed by atoms with Gasteiger partial charge in [-0.2, -0.15) is 0 Å². The molecule has 1 spiro atoms. The van der Waals surface area contributed by atoms with E-state index >= 15 is 0 Å². The van der Waals surface area contributed by atoms with E-state index in [1.807, 2.05) is 24.3 Å². The molecule has 0 aromatic heterocycles. The standard InChI is InChI=1S/C23H31N3O4/c1-29-19-4-2-17(3-5-19)23(8-9-23)21(28)25-11-6-18(7-12-25)26-14-20(27)24-15-22(26)10-13-30-16-22/h2-5,18H,6-16H2,1H3,(H,24,27). The van der Waals surface area contributed by atoms with Crippen LogP contribution in [0.1, 0.15) is 37.7 Å². The van der Waals surface area contributed by atoms with Gasteiger partial charge in [-0.15, -0.1) is 0 Å². The average Bonchev–Trinajstić information content (AvgIpc) is 3.48. The van der Waals surface area contributed by atoms with Crippen LogP contribution in [-0.4, -0.2) is 79.7 Å². The maximum Gasteiger partial charge on any atom is 0.234 e. The molecule has 3 aliphatic heterocycles. The Labute approximate surface area is 177 Å². The molecule has 3 saturated heterocycles. The van der Waals surface area contributed by atoms with Crippen molar-refractivity contribution in [3.05, 3.63) is 29.8 Å². The number of nitrogens with one attached hydrogen (secondary N) is 1. The summed E-state index contributed by atoms with van der Waals surface area (Å²) in [7, 11) is 1.66. The minimum Gasteiger partial charge on any atom is -0.497 e. The molecule has 4 fully saturated rings. The lowest BCUT2D eigenvalue weighted by atomic mass is 9.88. The van der Waals surface area contributed by atoms with Crippen molar-refractivity contribution in [3.63, 3.8) is 0 Å². The summed E-state index contributed by atoms with van der Waals surface area (Å²) in [6, 6.07) is 8.29. The minimum absolute atomic E-state index is 0.0639. The molecule has 3 heterocycles. The van der Waals surface area contributed by atoms with Gasteiger partial charge in [-0.25, -0.2) is 0 Å². The Hall–Kier alpha value is -2.12. The molecule has 7 heteroatoms. The van der Waals surface area contributed by atoms with Gasteiger partial charge in [-0.1, -0.05) is 12.1 Å². The van der Waals surface area contributed by atoms with Crippen LogP contribution in [0.4, 0.5) is 0 Å². The zero-order valence-corrected chi connectivity index (χ0v) is 17.7. The number of ether oxygens (including phenoxy) is 2. The lowest BCUT2D eigenvalue weighted by molar-refractivity contribution is -0.138. The van der Waals surface area contributed by atoms with Crippen LogP contribution in [0.25, 0.3) is 0 Å². The number of benzene rings is 1.